The number of amides is 1. The summed E-state index contributed by atoms with van der Waals surface area (Å²) in [4.78, 5) is 29.5. The minimum atomic E-state index is -1.33. The van der Waals surface area contributed by atoms with Crippen LogP contribution in [0.5, 0.6) is 0 Å². The number of carbonyl (C=O) groups is 2. The Morgan fingerprint density at radius 1 is 1.26 bits per heavy atom. The Hall–Kier alpha value is -2.44. The second-order valence-corrected chi connectivity index (χ2v) is 8.56. The van der Waals surface area contributed by atoms with E-state index in [1.807, 2.05) is 46.2 Å². The molecular formula is C20H30N4O3. The Bertz CT molecular complexity index is 893. The van der Waals surface area contributed by atoms with Gasteiger partial charge in [0.25, 0.3) is 5.91 Å². The first-order chi connectivity index (χ1) is 12.3. The summed E-state index contributed by atoms with van der Waals surface area (Å²) in [6.07, 6.45) is 0.277. The van der Waals surface area contributed by atoms with Crippen molar-refractivity contribution >= 4 is 22.9 Å². The highest BCUT2D eigenvalue weighted by molar-refractivity contribution is 6.08. The molecule has 0 saturated carbocycles. The van der Waals surface area contributed by atoms with Gasteiger partial charge >= 0.3 is 5.97 Å². The van der Waals surface area contributed by atoms with E-state index in [-0.39, 0.29) is 17.9 Å². The number of aryl methyl sites for hydroxylation is 1. The van der Waals surface area contributed by atoms with Gasteiger partial charge in [0.05, 0.1) is 22.2 Å². The molecule has 0 bridgehead atoms. The minimum absolute atomic E-state index is 0.113. The van der Waals surface area contributed by atoms with Crippen molar-refractivity contribution in [1.82, 2.24) is 20.1 Å². The van der Waals surface area contributed by atoms with Crippen molar-refractivity contribution in [2.24, 2.45) is 0 Å². The monoisotopic (exact) mass is 374 g/mol. The van der Waals surface area contributed by atoms with E-state index in [9.17, 15) is 14.7 Å². The van der Waals surface area contributed by atoms with Crippen molar-refractivity contribution < 1.29 is 14.7 Å². The minimum Gasteiger partial charge on any atom is -0.480 e. The molecule has 2 aromatic rings. The van der Waals surface area contributed by atoms with Crippen molar-refractivity contribution in [3.05, 3.63) is 23.0 Å². The fourth-order valence-corrected chi connectivity index (χ4v) is 2.86. The van der Waals surface area contributed by atoms with Crippen molar-refractivity contribution in [2.45, 2.75) is 78.8 Å². The first-order valence-electron chi connectivity index (χ1n) is 9.28. The molecule has 0 aliphatic heterocycles. The van der Waals surface area contributed by atoms with Crippen LogP contribution in [0.1, 0.15) is 82.6 Å². The van der Waals surface area contributed by atoms with Gasteiger partial charge in [-0.05, 0) is 53.0 Å². The summed E-state index contributed by atoms with van der Waals surface area (Å²) < 4.78 is 1.83. The van der Waals surface area contributed by atoms with E-state index in [2.05, 4.69) is 10.4 Å². The summed E-state index contributed by atoms with van der Waals surface area (Å²) >= 11 is 0. The highest BCUT2D eigenvalue weighted by Gasteiger charge is 2.34. The summed E-state index contributed by atoms with van der Waals surface area (Å²) in [5, 5.41) is 17.5. The van der Waals surface area contributed by atoms with Crippen LogP contribution in [0.3, 0.4) is 0 Å². The second-order valence-electron chi connectivity index (χ2n) is 8.56. The third-order valence-electron chi connectivity index (χ3n) is 4.87. The number of rotatable bonds is 5. The molecule has 2 aromatic heterocycles. The zero-order valence-electron chi connectivity index (χ0n) is 17.5. The van der Waals surface area contributed by atoms with Gasteiger partial charge in [0.1, 0.15) is 5.54 Å². The van der Waals surface area contributed by atoms with Crippen LogP contribution < -0.4 is 5.32 Å². The standard InChI is InChI=1S/C20H30N4O3/c1-9-20(8,18(26)27)22-17(25)13-10-14(11(2)3)21-16-15(13)12(4)23-24(16)19(5,6)7/h10-11H,9H2,1-8H3,(H,22,25)(H,26,27). The Labute approximate surface area is 160 Å². The molecule has 2 N–H and O–H groups in total. The molecule has 2 rings (SSSR count). The smallest absolute Gasteiger partial charge is 0.329 e. The van der Waals surface area contributed by atoms with E-state index < -0.39 is 17.4 Å². The van der Waals surface area contributed by atoms with Crippen molar-refractivity contribution in [2.75, 3.05) is 0 Å². The normalized spacial score (nSPS) is 14.4. The highest BCUT2D eigenvalue weighted by Crippen LogP contribution is 2.29. The van der Waals surface area contributed by atoms with E-state index in [0.29, 0.717) is 22.3 Å². The van der Waals surface area contributed by atoms with Crippen molar-refractivity contribution in [3.8, 4) is 0 Å². The topological polar surface area (TPSA) is 97.1 Å². The summed E-state index contributed by atoms with van der Waals surface area (Å²) in [5.74, 6) is -1.37. The van der Waals surface area contributed by atoms with Gasteiger partial charge in [-0.15, -0.1) is 0 Å². The number of nitrogens with one attached hydrogen (secondary N) is 1. The number of hydrogen-bond donors (Lipinski definition) is 2. The Morgan fingerprint density at radius 2 is 1.85 bits per heavy atom. The molecule has 148 valence electrons. The van der Waals surface area contributed by atoms with Crippen molar-refractivity contribution in [1.29, 1.82) is 0 Å². The molecule has 0 spiro atoms. The molecule has 1 atom stereocenters. The molecule has 1 amide bonds. The van der Waals surface area contributed by atoms with Crippen LogP contribution in [-0.4, -0.2) is 37.3 Å². The fraction of sp³-hybridized carbons (Fsp3) is 0.600. The number of carboxylic acid groups (broad SMARTS) is 1. The maximum absolute atomic E-state index is 13.1. The highest BCUT2D eigenvalue weighted by atomic mass is 16.4. The molecule has 0 saturated heterocycles. The molecule has 1 unspecified atom stereocenters. The lowest BCUT2D eigenvalue weighted by atomic mass is 9.97. The van der Waals surface area contributed by atoms with Gasteiger partial charge < -0.3 is 10.4 Å². The van der Waals surface area contributed by atoms with Gasteiger partial charge in [-0.25, -0.2) is 14.5 Å². The van der Waals surface area contributed by atoms with E-state index in [0.717, 1.165) is 5.69 Å². The van der Waals surface area contributed by atoms with Crippen molar-refractivity contribution in [3.63, 3.8) is 0 Å². The van der Waals surface area contributed by atoms with E-state index >= 15 is 0 Å². The lowest BCUT2D eigenvalue weighted by Gasteiger charge is -2.25. The molecule has 27 heavy (non-hydrogen) atoms. The zero-order chi connectivity index (χ0) is 20.7. The van der Waals surface area contributed by atoms with E-state index in [1.165, 1.54) is 6.92 Å². The Kier molecular flexibility index (Phi) is 5.37. The van der Waals surface area contributed by atoms with Gasteiger partial charge in [0, 0.05) is 5.69 Å². The average Bonchev–Trinajstić information content (AvgIpc) is 2.90. The number of nitrogens with zero attached hydrogens (tertiary/aromatic N) is 3. The van der Waals surface area contributed by atoms with Gasteiger partial charge in [-0.2, -0.15) is 5.10 Å². The second kappa shape index (κ2) is 6.94. The van der Waals surface area contributed by atoms with Gasteiger partial charge in [0.2, 0.25) is 0 Å². The first-order valence-corrected chi connectivity index (χ1v) is 9.28. The third-order valence-corrected chi connectivity index (χ3v) is 4.87. The predicted octanol–water partition coefficient (Wildman–Crippen LogP) is 3.60. The quantitative estimate of drug-likeness (QED) is 0.833. The number of carboxylic acids is 1. The van der Waals surface area contributed by atoms with Crippen LogP contribution in [0.15, 0.2) is 6.07 Å². The molecule has 0 aliphatic rings. The summed E-state index contributed by atoms with van der Waals surface area (Å²) in [6.45, 7) is 15.2. The number of hydrogen-bond acceptors (Lipinski definition) is 4. The van der Waals surface area contributed by atoms with Crippen LogP contribution in [0.2, 0.25) is 0 Å². The Balaban J connectivity index is 2.74. The maximum Gasteiger partial charge on any atom is 0.329 e. The summed E-state index contributed by atoms with van der Waals surface area (Å²) in [6, 6.07) is 1.75. The summed E-state index contributed by atoms with van der Waals surface area (Å²) in [5.41, 5.74) is 0.885. The SMILES string of the molecule is CCC(C)(NC(=O)c1cc(C(C)C)nc2c1c(C)nn2C(C)(C)C)C(=O)O. The molecule has 7 nitrogen and oxygen atoms in total. The largest absolute Gasteiger partial charge is 0.480 e. The van der Waals surface area contributed by atoms with Crippen LogP contribution >= 0.6 is 0 Å². The fourth-order valence-electron chi connectivity index (χ4n) is 2.86. The van der Waals surface area contributed by atoms with Gasteiger partial charge in [-0.1, -0.05) is 20.8 Å². The van der Waals surface area contributed by atoms with Crippen LogP contribution in [0.4, 0.5) is 0 Å². The van der Waals surface area contributed by atoms with Gasteiger partial charge in [0.15, 0.2) is 5.65 Å². The molecule has 7 heteroatoms. The molecule has 0 fully saturated rings. The lowest BCUT2D eigenvalue weighted by Crippen LogP contribution is -2.51. The predicted molar refractivity (Wildman–Crippen MR) is 105 cm³/mol. The van der Waals surface area contributed by atoms with Crippen LogP contribution in [-0.2, 0) is 10.3 Å². The molecule has 0 aromatic carbocycles. The van der Waals surface area contributed by atoms with E-state index in [4.69, 9.17) is 4.98 Å². The Morgan fingerprint density at radius 3 is 2.30 bits per heavy atom. The molecule has 2 heterocycles. The van der Waals surface area contributed by atoms with Crippen LogP contribution in [0, 0.1) is 6.92 Å². The third kappa shape index (κ3) is 3.82. The van der Waals surface area contributed by atoms with E-state index in [1.54, 1.807) is 13.0 Å². The number of carbonyl (C=O) groups excluding carboxylic acids is 1. The van der Waals surface area contributed by atoms with Crippen LogP contribution in [0.25, 0.3) is 11.0 Å². The number of aliphatic carboxylic acids is 1. The number of aromatic nitrogens is 3. The molecule has 0 aliphatic carbocycles. The average molecular weight is 374 g/mol. The first kappa shape index (κ1) is 20.9. The maximum atomic E-state index is 13.1. The van der Waals surface area contributed by atoms with Gasteiger partial charge in [-0.3, -0.25) is 4.79 Å². The zero-order valence-corrected chi connectivity index (χ0v) is 17.5. The molecule has 0 radical (unpaired) electrons. The number of fused-ring (bicyclic) bond motifs is 1. The molecular weight excluding hydrogens is 344 g/mol. The lowest BCUT2D eigenvalue weighted by molar-refractivity contribution is -0.143. The summed E-state index contributed by atoms with van der Waals surface area (Å²) in [7, 11) is 0. The number of pyridine rings is 1.